The Hall–Kier alpha value is -1.55. The molecule has 0 bridgehead atoms. The van der Waals surface area contributed by atoms with E-state index >= 15 is 0 Å². The Labute approximate surface area is 156 Å². The summed E-state index contributed by atoms with van der Waals surface area (Å²) in [7, 11) is 0. The first-order valence-electron chi connectivity index (χ1n) is 7.22. The molecule has 126 valence electrons. The van der Waals surface area contributed by atoms with E-state index in [-0.39, 0.29) is 11.4 Å². The Bertz CT molecular complexity index is 718. The van der Waals surface area contributed by atoms with Gasteiger partial charge in [0.25, 0.3) is 3.79 Å². The third-order valence-electron chi connectivity index (χ3n) is 3.65. The summed E-state index contributed by atoms with van der Waals surface area (Å²) in [5.41, 5.74) is 1.68. The molecule has 1 unspecified atom stereocenters. The standard InChI is InChI=1S/C18H16Cl3NO2/c1-3-14-15(12(2)23)10-22(9-13-7-5-4-6-8-13)11-16(14)17(24)18(19,20)21/h3-8,10-11,14H,1,9H2,2H3. The molecule has 0 radical (unpaired) electrons. The summed E-state index contributed by atoms with van der Waals surface area (Å²) in [5, 5.41) is 0. The molecule has 0 fully saturated rings. The molecule has 0 saturated heterocycles. The van der Waals surface area contributed by atoms with E-state index in [1.54, 1.807) is 17.3 Å². The Morgan fingerprint density at radius 1 is 1.17 bits per heavy atom. The van der Waals surface area contributed by atoms with Crippen molar-refractivity contribution < 1.29 is 9.59 Å². The molecular weight excluding hydrogens is 369 g/mol. The van der Waals surface area contributed by atoms with E-state index in [0.717, 1.165) is 5.56 Å². The monoisotopic (exact) mass is 383 g/mol. The molecule has 1 aliphatic rings. The molecule has 0 N–H and O–H groups in total. The van der Waals surface area contributed by atoms with Crippen molar-refractivity contribution in [3.05, 3.63) is 72.1 Å². The van der Waals surface area contributed by atoms with Gasteiger partial charge in [-0.3, -0.25) is 9.59 Å². The van der Waals surface area contributed by atoms with Gasteiger partial charge in [0.2, 0.25) is 5.78 Å². The Morgan fingerprint density at radius 3 is 2.25 bits per heavy atom. The highest BCUT2D eigenvalue weighted by atomic mass is 35.6. The first-order chi connectivity index (χ1) is 11.2. The van der Waals surface area contributed by atoms with Gasteiger partial charge in [-0.2, -0.15) is 0 Å². The predicted molar refractivity (Wildman–Crippen MR) is 97.8 cm³/mol. The topological polar surface area (TPSA) is 37.4 Å². The number of allylic oxidation sites excluding steroid dienone is 3. The molecule has 0 saturated carbocycles. The molecule has 1 heterocycles. The van der Waals surface area contributed by atoms with Gasteiger partial charge in [-0.15, -0.1) is 6.58 Å². The third kappa shape index (κ3) is 4.29. The minimum Gasteiger partial charge on any atom is -0.349 e. The van der Waals surface area contributed by atoms with Crippen molar-refractivity contribution in [3.63, 3.8) is 0 Å². The molecule has 3 nitrogen and oxygen atoms in total. The van der Waals surface area contributed by atoms with E-state index in [4.69, 9.17) is 34.8 Å². The highest BCUT2D eigenvalue weighted by molar-refractivity contribution is 6.77. The summed E-state index contributed by atoms with van der Waals surface area (Å²) >= 11 is 17.3. The van der Waals surface area contributed by atoms with E-state index < -0.39 is 15.5 Å². The summed E-state index contributed by atoms with van der Waals surface area (Å²) in [4.78, 5) is 26.2. The van der Waals surface area contributed by atoms with Crippen LogP contribution in [0.3, 0.4) is 0 Å². The molecular formula is C18H16Cl3NO2. The van der Waals surface area contributed by atoms with Gasteiger partial charge >= 0.3 is 0 Å². The molecule has 1 aliphatic heterocycles. The maximum Gasteiger partial charge on any atom is 0.253 e. The van der Waals surface area contributed by atoms with Crippen LogP contribution in [0.5, 0.6) is 0 Å². The number of benzene rings is 1. The maximum atomic E-state index is 12.5. The van der Waals surface area contributed by atoms with Gasteiger partial charge < -0.3 is 4.90 Å². The van der Waals surface area contributed by atoms with Gasteiger partial charge in [0.05, 0.1) is 0 Å². The fourth-order valence-electron chi connectivity index (χ4n) is 2.54. The van der Waals surface area contributed by atoms with Gasteiger partial charge in [0.15, 0.2) is 5.78 Å². The van der Waals surface area contributed by atoms with Crippen molar-refractivity contribution in [1.29, 1.82) is 0 Å². The third-order valence-corrected chi connectivity index (χ3v) is 4.16. The summed E-state index contributed by atoms with van der Waals surface area (Å²) < 4.78 is -2.09. The quantitative estimate of drug-likeness (QED) is 0.550. The fraction of sp³-hybridized carbons (Fsp3) is 0.222. The Morgan fingerprint density at radius 2 is 1.75 bits per heavy atom. The molecule has 0 amide bonds. The molecule has 0 aliphatic carbocycles. The van der Waals surface area contributed by atoms with Gasteiger partial charge in [-0.1, -0.05) is 71.2 Å². The van der Waals surface area contributed by atoms with E-state index in [9.17, 15) is 9.59 Å². The van der Waals surface area contributed by atoms with E-state index in [1.807, 2.05) is 30.3 Å². The second-order valence-corrected chi connectivity index (χ2v) is 7.70. The van der Waals surface area contributed by atoms with Crippen molar-refractivity contribution in [3.8, 4) is 0 Å². The second kappa shape index (κ2) is 7.56. The number of halogens is 3. The first-order valence-corrected chi connectivity index (χ1v) is 8.35. The number of carbonyl (C=O) groups excluding carboxylic acids is 2. The van der Waals surface area contributed by atoms with Crippen molar-refractivity contribution in [1.82, 2.24) is 4.90 Å². The van der Waals surface area contributed by atoms with Crippen LogP contribution in [0.15, 0.2) is 66.5 Å². The Balaban J connectivity index is 2.44. The van der Waals surface area contributed by atoms with E-state index in [1.165, 1.54) is 13.0 Å². The van der Waals surface area contributed by atoms with E-state index in [0.29, 0.717) is 12.1 Å². The van der Waals surface area contributed by atoms with Crippen LogP contribution < -0.4 is 0 Å². The lowest BCUT2D eigenvalue weighted by molar-refractivity contribution is -0.115. The fourth-order valence-corrected chi connectivity index (χ4v) is 2.86. The van der Waals surface area contributed by atoms with Crippen LogP contribution in [-0.4, -0.2) is 20.3 Å². The van der Waals surface area contributed by atoms with E-state index in [2.05, 4.69) is 6.58 Å². The summed E-state index contributed by atoms with van der Waals surface area (Å²) in [6.45, 7) is 5.63. The van der Waals surface area contributed by atoms with Crippen LogP contribution in [0.2, 0.25) is 0 Å². The van der Waals surface area contributed by atoms with Crippen LogP contribution in [0.1, 0.15) is 12.5 Å². The number of alkyl halides is 3. The summed E-state index contributed by atoms with van der Waals surface area (Å²) in [5.74, 6) is -1.43. The van der Waals surface area contributed by atoms with Crippen LogP contribution >= 0.6 is 34.8 Å². The minimum absolute atomic E-state index is 0.166. The molecule has 1 atom stereocenters. The Kier molecular flexibility index (Phi) is 5.92. The number of ketones is 2. The lowest BCUT2D eigenvalue weighted by Gasteiger charge is -2.30. The second-order valence-electron chi connectivity index (χ2n) is 5.42. The van der Waals surface area contributed by atoms with Gasteiger partial charge in [-0.05, 0) is 12.5 Å². The highest BCUT2D eigenvalue weighted by Crippen LogP contribution is 2.37. The van der Waals surface area contributed by atoms with Crippen molar-refractivity contribution in [2.24, 2.45) is 5.92 Å². The highest BCUT2D eigenvalue weighted by Gasteiger charge is 2.39. The zero-order valence-electron chi connectivity index (χ0n) is 13.0. The SMILES string of the molecule is C=CC1C(C(C)=O)=CN(Cc2ccccc2)C=C1C(=O)C(Cl)(Cl)Cl. The maximum absolute atomic E-state index is 12.5. The van der Waals surface area contributed by atoms with Crippen molar-refractivity contribution >= 4 is 46.4 Å². The number of nitrogens with zero attached hydrogens (tertiary/aromatic N) is 1. The first kappa shape index (κ1) is 18.8. The molecule has 1 aromatic rings. The van der Waals surface area contributed by atoms with Crippen LogP contribution in [0.4, 0.5) is 0 Å². The van der Waals surface area contributed by atoms with Gasteiger partial charge in [-0.25, -0.2) is 0 Å². The molecule has 0 aromatic heterocycles. The lowest BCUT2D eigenvalue weighted by atomic mass is 9.85. The number of hydrogen-bond acceptors (Lipinski definition) is 3. The largest absolute Gasteiger partial charge is 0.349 e. The zero-order chi connectivity index (χ0) is 17.9. The summed E-state index contributed by atoms with van der Waals surface area (Å²) in [6.07, 6.45) is 4.82. The molecule has 2 rings (SSSR count). The lowest BCUT2D eigenvalue weighted by Crippen LogP contribution is -2.32. The predicted octanol–water partition coefficient (Wildman–Crippen LogP) is 4.60. The molecule has 6 heteroatoms. The van der Waals surface area contributed by atoms with Crippen molar-refractivity contribution in [2.75, 3.05) is 0 Å². The number of rotatable bonds is 5. The van der Waals surface area contributed by atoms with Gasteiger partial charge in [0, 0.05) is 36.0 Å². The zero-order valence-corrected chi connectivity index (χ0v) is 15.3. The summed E-state index contributed by atoms with van der Waals surface area (Å²) in [6, 6.07) is 9.64. The average molecular weight is 385 g/mol. The minimum atomic E-state index is -2.09. The van der Waals surface area contributed by atoms with Crippen LogP contribution in [0.25, 0.3) is 0 Å². The van der Waals surface area contributed by atoms with Crippen LogP contribution in [-0.2, 0) is 16.1 Å². The number of Topliss-reactive ketones (excluding diaryl/α,β-unsaturated/α-hetero) is 2. The normalized spacial score (nSPS) is 17.8. The smallest absolute Gasteiger partial charge is 0.253 e. The average Bonchev–Trinajstić information content (AvgIpc) is 2.53. The van der Waals surface area contributed by atoms with Crippen molar-refractivity contribution in [2.45, 2.75) is 17.3 Å². The molecule has 0 spiro atoms. The number of carbonyl (C=O) groups is 2. The van der Waals surface area contributed by atoms with Crippen LogP contribution in [0, 0.1) is 5.92 Å². The van der Waals surface area contributed by atoms with Gasteiger partial charge in [0.1, 0.15) is 0 Å². The molecule has 1 aromatic carbocycles. The molecule has 24 heavy (non-hydrogen) atoms. The number of hydrogen-bond donors (Lipinski definition) is 0.